The number of nitrogens with zero attached hydrogens (tertiary/aromatic N) is 5. The van der Waals surface area contributed by atoms with Gasteiger partial charge in [0.2, 0.25) is 11.8 Å². The Bertz CT molecular complexity index is 1370. The van der Waals surface area contributed by atoms with Gasteiger partial charge in [-0.3, -0.25) is 31.0 Å². The zero-order valence-corrected chi connectivity index (χ0v) is 19.7. The molecule has 1 heterocycles. The molecule has 5 rings (SSSR count). The van der Waals surface area contributed by atoms with Crippen molar-refractivity contribution < 1.29 is 4.92 Å². The molecule has 0 unspecified atom stereocenters. The van der Waals surface area contributed by atoms with Crippen LogP contribution in [0.15, 0.2) is 128 Å². The lowest BCUT2D eigenvalue weighted by Crippen LogP contribution is -2.28. The maximum absolute atomic E-state index is 11.9. The van der Waals surface area contributed by atoms with Gasteiger partial charge in [-0.25, -0.2) is 4.98 Å². The Labute approximate surface area is 213 Å². The van der Waals surface area contributed by atoms with E-state index < -0.39 is 4.92 Å². The van der Waals surface area contributed by atoms with Crippen LogP contribution in [0.5, 0.6) is 0 Å². The van der Waals surface area contributed by atoms with Crippen LogP contribution in [0.25, 0.3) is 0 Å². The van der Waals surface area contributed by atoms with Crippen molar-refractivity contribution in [3.05, 3.63) is 138 Å². The van der Waals surface area contributed by atoms with Crippen molar-refractivity contribution in [3.63, 3.8) is 0 Å². The highest BCUT2D eigenvalue weighted by molar-refractivity contribution is 5.71. The molecule has 0 spiro atoms. The molecular weight excluding hydrogens is 466 g/mol. The van der Waals surface area contributed by atoms with Gasteiger partial charge in [0, 0.05) is 0 Å². The van der Waals surface area contributed by atoms with Gasteiger partial charge in [0.15, 0.2) is 0 Å². The first-order valence-corrected chi connectivity index (χ1v) is 11.5. The molecule has 0 atom stereocenters. The van der Waals surface area contributed by atoms with Crippen LogP contribution in [0, 0.1) is 10.1 Å². The highest BCUT2D eigenvalue weighted by Gasteiger charge is 2.22. The maximum Gasteiger partial charge on any atom is 0.331 e. The van der Waals surface area contributed by atoms with E-state index >= 15 is 0 Å². The van der Waals surface area contributed by atoms with Crippen LogP contribution in [0.4, 0.5) is 40.2 Å². The number of rotatable bonds is 9. The third-order valence-electron chi connectivity index (χ3n) is 5.45. The Hall–Kier alpha value is -5.44. The van der Waals surface area contributed by atoms with E-state index in [0.717, 1.165) is 22.7 Å². The molecule has 9 heteroatoms. The number of nitro groups is 1. The van der Waals surface area contributed by atoms with Gasteiger partial charge >= 0.3 is 5.69 Å². The number of benzene rings is 4. The summed E-state index contributed by atoms with van der Waals surface area (Å²) in [5.41, 5.74) is 9.34. The van der Waals surface area contributed by atoms with Crippen LogP contribution in [-0.4, -0.2) is 14.9 Å². The van der Waals surface area contributed by atoms with E-state index in [2.05, 4.69) is 20.8 Å². The Kier molecular flexibility index (Phi) is 6.85. The van der Waals surface area contributed by atoms with Crippen LogP contribution in [0.3, 0.4) is 0 Å². The zero-order valence-electron chi connectivity index (χ0n) is 19.7. The number of hydrogen-bond acceptors (Lipinski definition) is 8. The molecule has 0 saturated carbocycles. The van der Waals surface area contributed by atoms with Gasteiger partial charge < -0.3 is 0 Å². The van der Waals surface area contributed by atoms with Crippen LogP contribution in [-0.2, 0) is 0 Å². The SMILES string of the molecule is O=[N+]([O-])c1cnc(NN(c2ccccc2)c2ccccc2)nc1NN(c1ccccc1)c1ccccc1. The number of anilines is 6. The summed E-state index contributed by atoms with van der Waals surface area (Å²) in [4.78, 5) is 20.1. The third-order valence-corrected chi connectivity index (χ3v) is 5.45. The monoisotopic (exact) mass is 489 g/mol. The van der Waals surface area contributed by atoms with E-state index in [4.69, 9.17) is 0 Å². The van der Waals surface area contributed by atoms with Gasteiger partial charge in [-0.1, -0.05) is 72.8 Å². The average Bonchev–Trinajstić information content (AvgIpc) is 2.96. The molecule has 5 aromatic rings. The molecule has 0 aliphatic rings. The second kappa shape index (κ2) is 10.9. The number of hydrazine groups is 2. The van der Waals surface area contributed by atoms with E-state index in [1.165, 1.54) is 6.20 Å². The zero-order chi connectivity index (χ0) is 25.5. The van der Waals surface area contributed by atoms with Gasteiger partial charge in [0.1, 0.15) is 6.20 Å². The van der Waals surface area contributed by atoms with Crippen LogP contribution in [0.1, 0.15) is 0 Å². The van der Waals surface area contributed by atoms with Gasteiger partial charge in [0.05, 0.1) is 27.7 Å². The smallest absolute Gasteiger partial charge is 0.271 e. The molecule has 37 heavy (non-hydrogen) atoms. The fourth-order valence-electron chi connectivity index (χ4n) is 3.72. The highest BCUT2D eigenvalue weighted by atomic mass is 16.6. The summed E-state index contributed by atoms with van der Waals surface area (Å²) in [6, 6.07) is 38.3. The molecule has 4 aromatic carbocycles. The maximum atomic E-state index is 11.9. The van der Waals surface area contributed by atoms with Crippen molar-refractivity contribution in [2.45, 2.75) is 0 Å². The molecule has 9 nitrogen and oxygen atoms in total. The second-order valence-electron chi connectivity index (χ2n) is 7.92. The molecule has 2 N–H and O–H groups in total. The van der Waals surface area contributed by atoms with Crippen molar-refractivity contribution in [3.8, 4) is 0 Å². The van der Waals surface area contributed by atoms with E-state index in [1.807, 2.05) is 126 Å². The van der Waals surface area contributed by atoms with Gasteiger partial charge in [-0.05, 0) is 48.5 Å². The number of hydrogen-bond donors (Lipinski definition) is 2. The van der Waals surface area contributed by atoms with E-state index in [-0.39, 0.29) is 17.5 Å². The lowest BCUT2D eigenvalue weighted by molar-refractivity contribution is -0.384. The largest absolute Gasteiger partial charge is 0.331 e. The van der Waals surface area contributed by atoms with E-state index in [9.17, 15) is 10.1 Å². The quantitative estimate of drug-likeness (QED) is 0.174. The first-order valence-electron chi connectivity index (χ1n) is 11.5. The normalized spacial score (nSPS) is 10.4. The predicted octanol–water partition coefficient (Wildman–Crippen LogP) is 6.72. The van der Waals surface area contributed by atoms with Crippen molar-refractivity contribution >= 4 is 40.2 Å². The van der Waals surface area contributed by atoms with Gasteiger partial charge in [-0.15, -0.1) is 0 Å². The molecule has 0 radical (unpaired) electrons. The fourth-order valence-corrected chi connectivity index (χ4v) is 3.72. The lowest BCUT2D eigenvalue weighted by Gasteiger charge is -2.27. The number of para-hydroxylation sites is 4. The first-order chi connectivity index (χ1) is 18.2. The number of nitrogens with one attached hydrogen (secondary N) is 2. The highest BCUT2D eigenvalue weighted by Crippen LogP contribution is 2.31. The molecule has 0 bridgehead atoms. The number of aromatic nitrogens is 2. The lowest BCUT2D eigenvalue weighted by atomic mass is 10.2. The summed E-state index contributed by atoms with van der Waals surface area (Å²) in [7, 11) is 0. The molecule has 0 amide bonds. The Morgan fingerprint density at radius 2 is 0.973 bits per heavy atom. The van der Waals surface area contributed by atoms with Crippen LogP contribution in [0.2, 0.25) is 0 Å². The standard InChI is InChI=1S/C28H23N7O2/c36-35(37)26-21-29-28(32-34(24-17-9-3-10-18-24)25-19-11-4-12-20-25)30-27(26)31-33(22-13-5-1-6-14-22)23-15-7-2-8-16-23/h1-21H,(H2,29,30,31,32). The predicted molar refractivity (Wildman–Crippen MR) is 146 cm³/mol. The summed E-state index contributed by atoms with van der Waals surface area (Å²) in [5, 5.41) is 15.4. The Morgan fingerprint density at radius 3 is 1.35 bits per heavy atom. The first kappa shape index (κ1) is 23.3. The minimum absolute atomic E-state index is 0.0382. The fraction of sp³-hybridized carbons (Fsp3) is 0. The summed E-state index contributed by atoms with van der Waals surface area (Å²) < 4.78 is 0. The van der Waals surface area contributed by atoms with Gasteiger partial charge in [0.25, 0.3) is 0 Å². The Balaban J connectivity index is 1.53. The summed E-state index contributed by atoms with van der Waals surface area (Å²) >= 11 is 0. The topological polar surface area (TPSA) is 99.5 Å². The molecule has 0 fully saturated rings. The van der Waals surface area contributed by atoms with Crippen molar-refractivity contribution in [1.29, 1.82) is 0 Å². The van der Waals surface area contributed by atoms with Crippen molar-refractivity contribution in [2.24, 2.45) is 0 Å². The van der Waals surface area contributed by atoms with Crippen LogP contribution >= 0.6 is 0 Å². The second-order valence-corrected chi connectivity index (χ2v) is 7.92. The van der Waals surface area contributed by atoms with Crippen molar-refractivity contribution in [1.82, 2.24) is 9.97 Å². The Morgan fingerprint density at radius 1 is 0.595 bits per heavy atom. The minimum Gasteiger partial charge on any atom is -0.271 e. The van der Waals surface area contributed by atoms with Gasteiger partial charge in [-0.2, -0.15) is 4.98 Å². The molecule has 0 aliphatic heterocycles. The molecule has 182 valence electrons. The molecule has 0 saturated heterocycles. The molecule has 1 aromatic heterocycles. The summed E-state index contributed by atoms with van der Waals surface area (Å²) in [5.74, 6) is 0.221. The van der Waals surface area contributed by atoms with Crippen LogP contribution < -0.4 is 20.9 Å². The minimum atomic E-state index is -0.507. The molecule has 0 aliphatic carbocycles. The average molecular weight is 490 g/mol. The molecular formula is C28H23N7O2. The van der Waals surface area contributed by atoms with Crippen molar-refractivity contribution in [2.75, 3.05) is 20.9 Å². The van der Waals surface area contributed by atoms with E-state index in [1.54, 1.807) is 5.01 Å². The summed E-state index contributed by atoms with van der Waals surface area (Å²) in [6.07, 6.45) is 1.19. The summed E-state index contributed by atoms with van der Waals surface area (Å²) in [6.45, 7) is 0. The third kappa shape index (κ3) is 5.46. The van der Waals surface area contributed by atoms with E-state index in [0.29, 0.717) is 0 Å².